The lowest BCUT2D eigenvalue weighted by Crippen LogP contribution is -2.09. The molecule has 0 saturated carbocycles. The van der Waals surface area contributed by atoms with Crippen LogP contribution in [0.2, 0.25) is 0 Å². The van der Waals surface area contributed by atoms with Crippen molar-refractivity contribution in [2.75, 3.05) is 13.1 Å². The maximum absolute atomic E-state index is 10.7. The van der Waals surface area contributed by atoms with Crippen LogP contribution >= 0.6 is 0 Å². The van der Waals surface area contributed by atoms with Crippen LogP contribution in [0.4, 0.5) is 0 Å². The Bertz CT molecular complexity index is 83.1. The maximum Gasteiger partial charge on any atom is 0.134 e. The first-order valence-corrected chi connectivity index (χ1v) is 3.23. The van der Waals surface area contributed by atoms with Gasteiger partial charge in [0, 0.05) is 12.8 Å². The largest absolute Gasteiger partial charge is 0.330 e. The van der Waals surface area contributed by atoms with Crippen LogP contribution < -0.4 is 11.5 Å². The third kappa shape index (κ3) is 5.46. The van der Waals surface area contributed by atoms with E-state index in [9.17, 15) is 4.79 Å². The van der Waals surface area contributed by atoms with Crippen LogP contribution in [-0.2, 0) is 4.79 Å². The molecule has 0 aromatic heterocycles. The Morgan fingerprint density at radius 1 is 1.11 bits per heavy atom. The van der Waals surface area contributed by atoms with Gasteiger partial charge in [0.1, 0.15) is 5.78 Å². The van der Waals surface area contributed by atoms with Crippen LogP contribution in [0.3, 0.4) is 0 Å². The van der Waals surface area contributed by atoms with Crippen LogP contribution in [0, 0.1) is 0 Å². The van der Waals surface area contributed by atoms with E-state index in [0.717, 1.165) is 6.42 Å². The summed E-state index contributed by atoms with van der Waals surface area (Å²) in [5.74, 6) is 0.225. The molecular weight excluding hydrogens is 116 g/mol. The second-order valence-corrected chi connectivity index (χ2v) is 1.97. The quantitative estimate of drug-likeness (QED) is 0.534. The van der Waals surface area contributed by atoms with Crippen LogP contribution in [0.25, 0.3) is 0 Å². The van der Waals surface area contributed by atoms with E-state index in [0.29, 0.717) is 25.9 Å². The van der Waals surface area contributed by atoms with Gasteiger partial charge >= 0.3 is 0 Å². The van der Waals surface area contributed by atoms with Gasteiger partial charge in [-0.2, -0.15) is 0 Å². The van der Waals surface area contributed by atoms with Crippen LogP contribution in [0.1, 0.15) is 19.3 Å². The third-order valence-electron chi connectivity index (χ3n) is 1.08. The topological polar surface area (TPSA) is 69.1 Å². The molecule has 4 N–H and O–H groups in total. The normalized spacial score (nSPS) is 9.56. The number of Topliss-reactive ketones (excluding diaryl/α,β-unsaturated/α-hetero) is 1. The SMILES string of the molecule is NCCCC(=O)CCN. The Hall–Kier alpha value is -0.410. The van der Waals surface area contributed by atoms with E-state index in [2.05, 4.69) is 0 Å². The van der Waals surface area contributed by atoms with Crippen molar-refractivity contribution >= 4 is 5.78 Å². The average Bonchev–Trinajstić information content (AvgIpc) is 1.85. The zero-order valence-corrected chi connectivity index (χ0v) is 5.60. The number of hydrogen-bond acceptors (Lipinski definition) is 3. The Balaban J connectivity index is 3.06. The highest BCUT2D eigenvalue weighted by molar-refractivity contribution is 5.78. The molecule has 0 unspecified atom stereocenters. The monoisotopic (exact) mass is 130 g/mol. The summed E-state index contributed by atoms with van der Waals surface area (Å²) in [6.07, 6.45) is 1.88. The predicted octanol–water partition coefficient (Wildman–Crippen LogP) is -0.357. The second kappa shape index (κ2) is 5.72. The van der Waals surface area contributed by atoms with Crippen LogP contribution in [-0.4, -0.2) is 18.9 Å². The minimum Gasteiger partial charge on any atom is -0.330 e. The number of nitrogens with two attached hydrogens (primary N) is 2. The maximum atomic E-state index is 10.7. The molecule has 9 heavy (non-hydrogen) atoms. The lowest BCUT2D eigenvalue weighted by Gasteiger charge is -1.94. The van der Waals surface area contributed by atoms with E-state index >= 15 is 0 Å². The third-order valence-corrected chi connectivity index (χ3v) is 1.08. The van der Waals surface area contributed by atoms with E-state index < -0.39 is 0 Å². The van der Waals surface area contributed by atoms with Crippen molar-refractivity contribution in [3.05, 3.63) is 0 Å². The summed E-state index contributed by atoms with van der Waals surface area (Å²) in [5.41, 5.74) is 10.3. The zero-order chi connectivity index (χ0) is 7.11. The number of hydrogen-bond donors (Lipinski definition) is 2. The van der Waals surface area contributed by atoms with Gasteiger partial charge in [0.15, 0.2) is 0 Å². The van der Waals surface area contributed by atoms with Crippen LogP contribution in [0.5, 0.6) is 0 Å². The highest BCUT2D eigenvalue weighted by Crippen LogP contribution is 1.90. The van der Waals surface area contributed by atoms with Crippen molar-refractivity contribution in [2.45, 2.75) is 19.3 Å². The van der Waals surface area contributed by atoms with E-state index in [1.807, 2.05) is 0 Å². The van der Waals surface area contributed by atoms with Crippen molar-refractivity contribution < 1.29 is 4.79 Å². The molecule has 0 spiro atoms. The van der Waals surface area contributed by atoms with Crippen molar-refractivity contribution in [1.29, 1.82) is 0 Å². The van der Waals surface area contributed by atoms with Crippen molar-refractivity contribution in [1.82, 2.24) is 0 Å². The lowest BCUT2D eigenvalue weighted by atomic mass is 10.2. The first kappa shape index (κ1) is 8.59. The Kier molecular flexibility index (Phi) is 5.46. The number of rotatable bonds is 5. The molecule has 0 aromatic carbocycles. The summed E-state index contributed by atoms with van der Waals surface area (Å²) in [6, 6.07) is 0. The van der Waals surface area contributed by atoms with Crippen molar-refractivity contribution in [3.63, 3.8) is 0 Å². The molecule has 0 bridgehead atoms. The molecule has 0 fully saturated rings. The molecule has 54 valence electrons. The molecule has 3 heteroatoms. The molecule has 0 aliphatic carbocycles. The molecule has 0 aliphatic rings. The van der Waals surface area contributed by atoms with Gasteiger partial charge in [-0.3, -0.25) is 4.79 Å². The van der Waals surface area contributed by atoms with E-state index in [4.69, 9.17) is 11.5 Å². The Labute approximate surface area is 55.4 Å². The van der Waals surface area contributed by atoms with E-state index in [1.54, 1.807) is 0 Å². The highest BCUT2D eigenvalue weighted by Gasteiger charge is 1.96. The molecule has 0 radical (unpaired) electrons. The summed E-state index contributed by atoms with van der Waals surface area (Å²) in [4.78, 5) is 10.7. The van der Waals surface area contributed by atoms with Gasteiger partial charge in [0.2, 0.25) is 0 Å². The van der Waals surface area contributed by atoms with E-state index in [-0.39, 0.29) is 5.78 Å². The van der Waals surface area contributed by atoms with Gasteiger partial charge < -0.3 is 11.5 Å². The number of ketones is 1. The standard InChI is InChI=1S/C6H14N2O/c7-4-1-2-6(9)3-5-8/h1-5,7-8H2. The van der Waals surface area contributed by atoms with Gasteiger partial charge in [0.25, 0.3) is 0 Å². The summed E-state index contributed by atoms with van der Waals surface area (Å²) >= 11 is 0. The average molecular weight is 130 g/mol. The smallest absolute Gasteiger partial charge is 0.134 e. The minimum absolute atomic E-state index is 0.225. The van der Waals surface area contributed by atoms with Crippen molar-refractivity contribution in [2.24, 2.45) is 11.5 Å². The molecule has 3 nitrogen and oxygen atoms in total. The first-order chi connectivity index (χ1) is 4.31. The zero-order valence-electron chi connectivity index (χ0n) is 5.60. The second-order valence-electron chi connectivity index (χ2n) is 1.97. The fourth-order valence-electron chi connectivity index (χ4n) is 0.585. The van der Waals surface area contributed by atoms with Gasteiger partial charge in [0.05, 0.1) is 0 Å². The molecule has 0 rings (SSSR count). The van der Waals surface area contributed by atoms with Crippen LogP contribution in [0.15, 0.2) is 0 Å². The lowest BCUT2D eigenvalue weighted by molar-refractivity contribution is -0.118. The highest BCUT2D eigenvalue weighted by atomic mass is 16.1. The summed E-state index contributed by atoms with van der Waals surface area (Å²) in [7, 11) is 0. The summed E-state index contributed by atoms with van der Waals surface area (Å²) in [5, 5.41) is 0. The van der Waals surface area contributed by atoms with E-state index in [1.165, 1.54) is 0 Å². The molecule has 0 atom stereocenters. The Morgan fingerprint density at radius 3 is 2.22 bits per heavy atom. The van der Waals surface area contributed by atoms with Crippen molar-refractivity contribution in [3.8, 4) is 0 Å². The van der Waals surface area contributed by atoms with Gasteiger partial charge in [-0.15, -0.1) is 0 Å². The predicted molar refractivity (Wildman–Crippen MR) is 37.0 cm³/mol. The Morgan fingerprint density at radius 2 is 1.78 bits per heavy atom. The summed E-state index contributed by atoms with van der Waals surface area (Å²) in [6.45, 7) is 1.06. The summed E-state index contributed by atoms with van der Waals surface area (Å²) < 4.78 is 0. The molecular formula is C6H14N2O. The molecule has 0 amide bonds. The van der Waals surface area contributed by atoms with Gasteiger partial charge in [-0.1, -0.05) is 0 Å². The molecule has 0 heterocycles. The first-order valence-electron chi connectivity index (χ1n) is 3.23. The van der Waals surface area contributed by atoms with Gasteiger partial charge in [-0.05, 0) is 19.5 Å². The minimum atomic E-state index is 0.225. The fourth-order valence-corrected chi connectivity index (χ4v) is 0.585. The number of carbonyl (C=O) groups excluding carboxylic acids is 1. The van der Waals surface area contributed by atoms with Gasteiger partial charge in [-0.25, -0.2) is 0 Å². The molecule has 0 aliphatic heterocycles. The number of carbonyl (C=O) groups is 1. The molecule has 0 saturated heterocycles. The fraction of sp³-hybridized carbons (Fsp3) is 0.833. The molecule has 0 aromatic rings.